The van der Waals surface area contributed by atoms with Crippen LogP contribution in [0.25, 0.3) is 0 Å². The number of hydrogen-bond donors (Lipinski definition) is 2. The van der Waals surface area contributed by atoms with Crippen molar-refractivity contribution >= 4 is 17.7 Å². The molecular formula is C15H22N2O2S. The average molecular weight is 294 g/mol. The lowest BCUT2D eigenvalue weighted by molar-refractivity contribution is -0.119. The second kappa shape index (κ2) is 8.17. The fourth-order valence-corrected chi connectivity index (χ4v) is 2.90. The molecule has 5 heteroatoms. The summed E-state index contributed by atoms with van der Waals surface area (Å²) in [5.74, 6) is 1.44. The molecule has 20 heavy (non-hydrogen) atoms. The van der Waals surface area contributed by atoms with Crippen LogP contribution in [0, 0.1) is 0 Å². The van der Waals surface area contributed by atoms with Gasteiger partial charge in [-0.25, -0.2) is 0 Å². The first-order chi connectivity index (χ1) is 9.78. The van der Waals surface area contributed by atoms with E-state index >= 15 is 0 Å². The molecule has 1 amide bonds. The zero-order valence-corrected chi connectivity index (χ0v) is 12.7. The van der Waals surface area contributed by atoms with Gasteiger partial charge in [-0.3, -0.25) is 4.79 Å². The maximum atomic E-state index is 11.9. The first-order valence-corrected chi connectivity index (χ1v) is 8.12. The molecule has 0 spiro atoms. The molecule has 1 fully saturated rings. The summed E-state index contributed by atoms with van der Waals surface area (Å²) in [6.45, 7) is 4.59. The van der Waals surface area contributed by atoms with E-state index in [4.69, 9.17) is 4.74 Å². The Morgan fingerprint density at radius 2 is 2.25 bits per heavy atom. The number of thioether (sulfide) groups is 1. The molecule has 110 valence electrons. The number of carbonyl (C=O) groups is 1. The van der Waals surface area contributed by atoms with E-state index in [9.17, 15) is 4.79 Å². The molecule has 1 aromatic rings. The molecule has 1 atom stereocenters. The van der Waals surface area contributed by atoms with E-state index in [1.165, 1.54) is 0 Å². The minimum Gasteiger partial charge on any atom is -0.494 e. The highest BCUT2D eigenvalue weighted by Crippen LogP contribution is 2.21. The molecule has 0 aromatic heterocycles. The largest absolute Gasteiger partial charge is 0.494 e. The third-order valence-corrected chi connectivity index (χ3v) is 4.18. The summed E-state index contributed by atoms with van der Waals surface area (Å²) in [6.07, 6.45) is 2.21. The van der Waals surface area contributed by atoms with Gasteiger partial charge < -0.3 is 15.4 Å². The number of rotatable bonds is 6. The number of carbonyl (C=O) groups excluding carboxylic acids is 1. The summed E-state index contributed by atoms with van der Waals surface area (Å²) in [5, 5.41) is 6.37. The lowest BCUT2D eigenvalue weighted by Crippen LogP contribution is -2.46. The molecule has 1 unspecified atom stereocenters. The van der Waals surface area contributed by atoms with E-state index in [0.29, 0.717) is 12.4 Å². The Balaban J connectivity index is 1.72. The van der Waals surface area contributed by atoms with Crippen molar-refractivity contribution < 1.29 is 9.53 Å². The Morgan fingerprint density at radius 3 is 2.90 bits per heavy atom. The monoisotopic (exact) mass is 294 g/mol. The smallest absolute Gasteiger partial charge is 0.230 e. The van der Waals surface area contributed by atoms with Gasteiger partial charge in [0.05, 0.1) is 12.4 Å². The Morgan fingerprint density at radius 1 is 1.45 bits per heavy atom. The second-order valence-electron chi connectivity index (χ2n) is 4.80. The van der Waals surface area contributed by atoms with Gasteiger partial charge in [0.2, 0.25) is 5.91 Å². The fourth-order valence-electron chi connectivity index (χ4n) is 2.19. The van der Waals surface area contributed by atoms with E-state index in [1.807, 2.05) is 31.2 Å². The highest BCUT2D eigenvalue weighted by Gasteiger charge is 2.15. The van der Waals surface area contributed by atoms with Crippen LogP contribution >= 0.6 is 11.8 Å². The van der Waals surface area contributed by atoms with Crippen molar-refractivity contribution in [1.29, 1.82) is 0 Å². The molecule has 0 aliphatic carbocycles. The van der Waals surface area contributed by atoms with Gasteiger partial charge in [0.15, 0.2) is 0 Å². The minimum atomic E-state index is 0.109. The topological polar surface area (TPSA) is 50.4 Å². The van der Waals surface area contributed by atoms with E-state index in [2.05, 4.69) is 10.6 Å². The lowest BCUT2D eigenvalue weighted by Gasteiger charge is -2.23. The molecule has 2 N–H and O–H groups in total. The molecule has 1 saturated heterocycles. The summed E-state index contributed by atoms with van der Waals surface area (Å²) in [4.78, 5) is 13.0. The molecule has 0 saturated carbocycles. The summed E-state index contributed by atoms with van der Waals surface area (Å²) in [7, 11) is 0. The highest BCUT2D eigenvalue weighted by atomic mass is 32.2. The van der Waals surface area contributed by atoms with Crippen molar-refractivity contribution in [1.82, 2.24) is 10.6 Å². The van der Waals surface area contributed by atoms with Gasteiger partial charge in [-0.05, 0) is 50.6 Å². The molecule has 4 nitrogen and oxygen atoms in total. The summed E-state index contributed by atoms with van der Waals surface area (Å²) in [5.41, 5.74) is 0. The third kappa shape index (κ3) is 5.06. The van der Waals surface area contributed by atoms with Gasteiger partial charge >= 0.3 is 0 Å². The Kier molecular flexibility index (Phi) is 6.21. The Hall–Kier alpha value is -1.20. The fraction of sp³-hybridized carbons (Fsp3) is 0.533. The van der Waals surface area contributed by atoms with Crippen LogP contribution in [0.2, 0.25) is 0 Å². The van der Waals surface area contributed by atoms with Crippen molar-refractivity contribution in [3.63, 3.8) is 0 Å². The molecule has 1 aliphatic rings. The summed E-state index contributed by atoms with van der Waals surface area (Å²) >= 11 is 1.56. The molecule has 1 heterocycles. The number of piperidine rings is 1. The number of benzene rings is 1. The van der Waals surface area contributed by atoms with Gasteiger partial charge in [-0.15, -0.1) is 11.8 Å². The maximum absolute atomic E-state index is 11.9. The zero-order valence-electron chi connectivity index (χ0n) is 11.9. The van der Waals surface area contributed by atoms with Gasteiger partial charge in [0, 0.05) is 17.5 Å². The standard InChI is InChI=1S/C15H22N2O2S/c1-2-19-13-5-7-14(8-6-13)20-11-15(18)17-12-4-3-9-16-10-12/h5-8,12,16H,2-4,9-11H2,1H3,(H,17,18). The number of hydrogen-bond acceptors (Lipinski definition) is 4. The SMILES string of the molecule is CCOc1ccc(SCC(=O)NC2CCCNC2)cc1. The molecule has 2 rings (SSSR count). The van der Waals surface area contributed by atoms with Gasteiger partial charge in [0.25, 0.3) is 0 Å². The summed E-state index contributed by atoms with van der Waals surface area (Å²) in [6, 6.07) is 8.15. The van der Waals surface area contributed by atoms with Gasteiger partial charge in [-0.2, -0.15) is 0 Å². The van der Waals surface area contributed by atoms with Crippen LogP contribution in [0.5, 0.6) is 5.75 Å². The first-order valence-electron chi connectivity index (χ1n) is 7.13. The normalized spacial score (nSPS) is 18.6. The first kappa shape index (κ1) is 15.2. The van der Waals surface area contributed by atoms with E-state index < -0.39 is 0 Å². The molecule has 1 aliphatic heterocycles. The van der Waals surface area contributed by atoms with Crippen LogP contribution in [-0.4, -0.2) is 37.4 Å². The van der Waals surface area contributed by atoms with E-state index in [1.54, 1.807) is 11.8 Å². The van der Waals surface area contributed by atoms with E-state index in [-0.39, 0.29) is 11.9 Å². The van der Waals surface area contributed by atoms with Gasteiger partial charge in [0.1, 0.15) is 5.75 Å². The zero-order chi connectivity index (χ0) is 14.2. The quantitative estimate of drug-likeness (QED) is 0.788. The van der Waals surface area contributed by atoms with Crippen LogP contribution in [0.15, 0.2) is 29.2 Å². The minimum absolute atomic E-state index is 0.109. The predicted molar refractivity (Wildman–Crippen MR) is 82.4 cm³/mol. The Labute approximate surface area is 124 Å². The number of ether oxygens (including phenoxy) is 1. The Bertz CT molecular complexity index is 416. The lowest BCUT2D eigenvalue weighted by atomic mass is 10.1. The van der Waals surface area contributed by atoms with Crippen molar-refractivity contribution in [2.75, 3.05) is 25.4 Å². The predicted octanol–water partition coefficient (Wildman–Crippen LogP) is 2.05. The third-order valence-electron chi connectivity index (χ3n) is 3.17. The number of nitrogens with one attached hydrogen (secondary N) is 2. The van der Waals surface area contributed by atoms with Crippen molar-refractivity contribution in [2.45, 2.75) is 30.7 Å². The molecular weight excluding hydrogens is 272 g/mol. The average Bonchev–Trinajstić information content (AvgIpc) is 2.48. The van der Waals surface area contributed by atoms with Crippen molar-refractivity contribution in [2.24, 2.45) is 0 Å². The maximum Gasteiger partial charge on any atom is 0.230 e. The number of amides is 1. The highest BCUT2D eigenvalue weighted by molar-refractivity contribution is 8.00. The molecule has 0 bridgehead atoms. The molecule has 1 aromatic carbocycles. The van der Waals surface area contributed by atoms with Crippen molar-refractivity contribution in [3.05, 3.63) is 24.3 Å². The van der Waals surface area contributed by atoms with Crippen LogP contribution < -0.4 is 15.4 Å². The van der Waals surface area contributed by atoms with Gasteiger partial charge in [-0.1, -0.05) is 0 Å². The van der Waals surface area contributed by atoms with Crippen molar-refractivity contribution in [3.8, 4) is 5.75 Å². The van der Waals surface area contributed by atoms with Crippen LogP contribution in [0.1, 0.15) is 19.8 Å². The second-order valence-corrected chi connectivity index (χ2v) is 5.85. The summed E-state index contributed by atoms with van der Waals surface area (Å²) < 4.78 is 5.39. The van der Waals surface area contributed by atoms with Crippen LogP contribution in [-0.2, 0) is 4.79 Å². The van der Waals surface area contributed by atoms with Crippen LogP contribution in [0.3, 0.4) is 0 Å². The van der Waals surface area contributed by atoms with Crippen LogP contribution in [0.4, 0.5) is 0 Å². The molecule has 0 radical (unpaired) electrons. The van der Waals surface area contributed by atoms with E-state index in [0.717, 1.165) is 36.6 Å².